The fourth-order valence-corrected chi connectivity index (χ4v) is 3.74. The second-order valence-corrected chi connectivity index (χ2v) is 7.41. The summed E-state index contributed by atoms with van der Waals surface area (Å²) in [6.45, 7) is 1.81. The molecular weight excluding hydrogens is 357 g/mol. The maximum Gasteiger partial charge on any atom is 0.262 e. The number of carbonyl (C=O) groups is 1. The maximum atomic E-state index is 13.1. The van der Waals surface area contributed by atoms with E-state index in [1.54, 1.807) is 12.1 Å². The van der Waals surface area contributed by atoms with E-state index in [4.69, 9.17) is 11.6 Å². The van der Waals surface area contributed by atoms with Gasteiger partial charge >= 0.3 is 0 Å². The number of hydrogen-bond donors (Lipinski definition) is 3. The molecule has 1 aliphatic rings. The summed E-state index contributed by atoms with van der Waals surface area (Å²) in [6, 6.07) is 8.45. The summed E-state index contributed by atoms with van der Waals surface area (Å²) in [4.78, 5) is 12.4. The number of rotatable bonds is 2. The molecule has 0 saturated heterocycles. The van der Waals surface area contributed by atoms with Crippen molar-refractivity contribution in [2.45, 2.75) is 18.0 Å². The summed E-state index contributed by atoms with van der Waals surface area (Å²) in [6.07, 6.45) is -1.20. The zero-order valence-corrected chi connectivity index (χ0v) is 14.0. The first-order valence-corrected chi connectivity index (χ1v) is 8.78. The van der Waals surface area contributed by atoms with Crippen molar-refractivity contribution in [2.24, 2.45) is 0 Å². The summed E-state index contributed by atoms with van der Waals surface area (Å²) in [5.74, 6) is -1.26. The van der Waals surface area contributed by atoms with E-state index < -0.39 is 27.9 Å². The highest BCUT2D eigenvalue weighted by atomic mass is 35.5. The molecule has 2 aromatic rings. The number of benzene rings is 2. The van der Waals surface area contributed by atoms with E-state index in [0.717, 1.165) is 11.6 Å². The molecule has 1 heterocycles. The minimum Gasteiger partial charge on any atom is -0.360 e. The monoisotopic (exact) mass is 369 g/mol. The van der Waals surface area contributed by atoms with Crippen molar-refractivity contribution in [3.8, 4) is 0 Å². The Morgan fingerprint density at radius 3 is 2.71 bits per heavy atom. The molecule has 0 spiro atoms. The van der Waals surface area contributed by atoms with Crippen molar-refractivity contribution in [1.82, 2.24) is 4.72 Å². The van der Waals surface area contributed by atoms with Gasteiger partial charge in [-0.15, -0.1) is 0 Å². The standard InChI is InChI=1S/C15H13ClFN3O3S/c1-8-2-5-13-12(6-8)19-14(20-24(13,22)23)15(21)18-9-3-4-11(17)10(16)7-9/h2-7,14,19-20H,1H3,(H,18,21)/t14-/m1/s1. The van der Waals surface area contributed by atoms with Gasteiger partial charge in [-0.25, -0.2) is 12.8 Å². The van der Waals surface area contributed by atoms with Gasteiger partial charge in [-0.3, -0.25) is 4.79 Å². The van der Waals surface area contributed by atoms with Gasteiger partial charge in [0.1, 0.15) is 10.7 Å². The van der Waals surface area contributed by atoms with Crippen molar-refractivity contribution in [3.05, 3.63) is 52.8 Å². The molecule has 0 saturated carbocycles. The number of hydrogen-bond acceptors (Lipinski definition) is 4. The van der Waals surface area contributed by atoms with Crippen LogP contribution in [-0.4, -0.2) is 20.5 Å². The number of sulfonamides is 1. The minimum absolute atomic E-state index is 0.0713. The lowest BCUT2D eigenvalue weighted by Crippen LogP contribution is -2.51. The second-order valence-electron chi connectivity index (χ2n) is 5.32. The third kappa shape index (κ3) is 3.21. The highest BCUT2D eigenvalue weighted by molar-refractivity contribution is 7.89. The van der Waals surface area contributed by atoms with Crippen LogP contribution >= 0.6 is 11.6 Å². The van der Waals surface area contributed by atoms with Crippen LogP contribution in [0.4, 0.5) is 15.8 Å². The normalized spacial score (nSPS) is 18.4. The molecule has 3 rings (SSSR count). The smallest absolute Gasteiger partial charge is 0.262 e. The molecule has 0 fully saturated rings. The van der Waals surface area contributed by atoms with Crippen LogP contribution in [0.25, 0.3) is 0 Å². The molecule has 0 unspecified atom stereocenters. The molecule has 0 aliphatic carbocycles. The van der Waals surface area contributed by atoms with Crippen molar-refractivity contribution in [1.29, 1.82) is 0 Å². The molecule has 0 radical (unpaired) electrons. The van der Waals surface area contributed by atoms with Crippen LogP contribution in [0.2, 0.25) is 5.02 Å². The molecular formula is C15H13ClFN3O3S. The van der Waals surface area contributed by atoms with Crippen molar-refractivity contribution in [2.75, 3.05) is 10.6 Å². The van der Waals surface area contributed by atoms with Crippen molar-refractivity contribution < 1.29 is 17.6 Å². The van der Waals surface area contributed by atoms with E-state index in [-0.39, 0.29) is 15.6 Å². The average Bonchev–Trinajstić information content (AvgIpc) is 2.49. The van der Waals surface area contributed by atoms with Gasteiger partial charge in [0.15, 0.2) is 6.17 Å². The Morgan fingerprint density at radius 1 is 1.25 bits per heavy atom. The van der Waals surface area contributed by atoms with Gasteiger partial charge < -0.3 is 10.6 Å². The number of anilines is 2. The molecule has 0 aromatic heterocycles. The SMILES string of the molecule is Cc1ccc2c(c1)N[C@@H](C(=O)Nc1ccc(F)c(Cl)c1)NS2(=O)=O. The van der Waals surface area contributed by atoms with Crippen LogP contribution in [0.15, 0.2) is 41.3 Å². The molecule has 24 heavy (non-hydrogen) atoms. The Balaban J connectivity index is 1.85. The van der Waals surface area contributed by atoms with E-state index >= 15 is 0 Å². The van der Waals surface area contributed by atoms with Gasteiger partial charge in [-0.1, -0.05) is 17.7 Å². The maximum absolute atomic E-state index is 13.1. The Morgan fingerprint density at radius 2 is 2.00 bits per heavy atom. The van der Waals surface area contributed by atoms with E-state index in [9.17, 15) is 17.6 Å². The molecule has 3 N–H and O–H groups in total. The van der Waals surface area contributed by atoms with Crippen LogP contribution in [0.1, 0.15) is 5.56 Å². The number of halogens is 2. The van der Waals surface area contributed by atoms with E-state index in [1.165, 1.54) is 18.2 Å². The van der Waals surface area contributed by atoms with Crippen molar-refractivity contribution >= 4 is 38.9 Å². The molecule has 6 nitrogen and oxygen atoms in total. The lowest BCUT2D eigenvalue weighted by atomic mass is 10.2. The first-order chi connectivity index (χ1) is 11.3. The topological polar surface area (TPSA) is 87.3 Å². The minimum atomic E-state index is -3.82. The molecule has 1 aliphatic heterocycles. The lowest BCUT2D eigenvalue weighted by Gasteiger charge is -2.27. The molecule has 0 bridgehead atoms. The van der Waals surface area contributed by atoms with Crippen LogP contribution in [-0.2, 0) is 14.8 Å². The molecule has 1 amide bonds. The zero-order valence-electron chi connectivity index (χ0n) is 12.4. The number of nitrogens with one attached hydrogen (secondary N) is 3. The molecule has 2 aromatic carbocycles. The van der Waals surface area contributed by atoms with E-state index in [0.29, 0.717) is 5.69 Å². The van der Waals surface area contributed by atoms with Gasteiger partial charge in [0.25, 0.3) is 5.91 Å². The van der Waals surface area contributed by atoms with Crippen molar-refractivity contribution in [3.63, 3.8) is 0 Å². The highest BCUT2D eigenvalue weighted by Crippen LogP contribution is 2.27. The Hall–Kier alpha value is -2.16. The number of aryl methyl sites for hydroxylation is 1. The third-order valence-corrected chi connectivity index (χ3v) is 5.22. The van der Waals surface area contributed by atoms with Crippen LogP contribution in [0.5, 0.6) is 0 Å². The highest BCUT2D eigenvalue weighted by Gasteiger charge is 2.33. The number of fused-ring (bicyclic) bond motifs is 1. The largest absolute Gasteiger partial charge is 0.360 e. The number of amides is 1. The van der Waals surface area contributed by atoms with E-state index in [1.807, 2.05) is 6.92 Å². The summed E-state index contributed by atoms with van der Waals surface area (Å²) < 4.78 is 39.9. The summed E-state index contributed by atoms with van der Waals surface area (Å²) in [5, 5.41) is 5.17. The Bertz CT molecular complexity index is 934. The van der Waals surface area contributed by atoms with Gasteiger partial charge in [0, 0.05) is 5.69 Å². The molecule has 9 heteroatoms. The lowest BCUT2D eigenvalue weighted by molar-refractivity contribution is -0.117. The molecule has 1 atom stereocenters. The first kappa shape index (κ1) is 16.7. The predicted molar refractivity (Wildman–Crippen MR) is 89.0 cm³/mol. The number of carbonyl (C=O) groups excluding carboxylic acids is 1. The third-order valence-electron chi connectivity index (χ3n) is 3.45. The van der Waals surface area contributed by atoms with Gasteiger partial charge in [0.2, 0.25) is 10.0 Å². The molecule has 126 valence electrons. The average molecular weight is 370 g/mol. The first-order valence-electron chi connectivity index (χ1n) is 6.92. The summed E-state index contributed by atoms with van der Waals surface area (Å²) in [5.41, 5.74) is 1.44. The quantitative estimate of drug-likeness (QED) is 0.758. The van der Waals surface area contributed by atoms with Gasteiger partial charge in [0.05, 0.1) is 10.7 Å². The Kier molecular flexibility index (Phi) is 4.20. The van der Waals surface area contributed by atoms with Gasteiger partial charge in [-0.05, 0) is 42.8 Å². The zero-order chi connectivity index (χ0) is 17.5. The fourth-order valence-electron chi connectivity index (χ4n) is 2.30. The van der Waals surface area contributed by atoms with Crippen LogP contribution < -0.4 is 15.4 Å². The van der Waals surface area contributed by atoms with Crippen LogP contribution in [0.3, 0.4) is 0 Å². The predicted octanol–water partition coefficient (Wildman–Crippen LogP) is 2.46. The summed E-state index contributed by atoms with van der Waals surface area (Å²) >= 11 is 5.66. The summed E-state index contributed by atoms with van der Waals surface area (Å²) in [7, 11) is -3.82. The Labute approximate surface area is 143 Å². The van der Waals surface area contributed by atoms with E-state index in [2.05, 4.69) is 15.4 Å². The van der Waals surface area contributed by atoms with Crippen LogP contribution in [0, 0.1) is 12.7 Å². The van der Waals surface area contributed by atoms with Gasteiger partial charge in [-0.2, -0.15) is 4.72 Å². The fraction of sp³-hybridized carbons (Fsp3) is 0.133. The second kappa shape index (κ2) is 6.04.